The van der Waals surface area contributed by atoms with Crippen molar-refractivity contribution < 1.29 is 0 Å². The molecule has 3 N–H and O–H groups in total. The molecule has 0 atom stereocenters. The minimum absolute atomic E-state index is 0.804. The van der Waals surface area contributed by atoms with Gasteiger partial charge in [-0.15, -0.1) is 0 Å². The van der Waals surface area contributed by atoms with Crippen molar-refractivity contribution in [3.05, 3.63) is 0 Å². The SMILES string of the molecule is CCCCN=C(NN)N(CC)CC. The Morgan fingerprint density at radius 2 is 1.92 bits per heavy atom. The van der Waals surface area contributed by atoms with Gasteiger partial charge in [-0.05, 0) is 20.3 Å². The quantitative estimate of drug-likeness (QED) is 0.221. The van der Waals surface area contributed by atoms with Crippen molar-refractivity contribution in [3.63, 3.8) is 0 Å². The van der Waals surface area contributed by atoms with Crippen LogP contribution >= 0.6 is 0 Å². The number of hydrazine groups is 1. The van der Waals surface area contributed by atoms with Crippen LogP contribution in [0.1, 0.15) is 33.6 Å². The molecule has 0 fully saturated rings. The highest BCUT2D eigenvalue weighted by Crippen LogP contribution is 1.91. The highest BCUT2D eigenvalue weighted by atomic mass is 15.4. The summed E-state index contributed by atoms with van der Waals surface area (Å²) in [5.41, 5.74) is 2.64. The smallest absolute Gasteiger partial charge is 0.208 e. The van der Waals surface area contributed by atoms with Crippen LogP contribution in [0.2, 0.25) is 0 Å². The second kappa shape index (κ2) is 7.86. The first kappa shape index (κ1) is 12.2. The third kappa shape index (κ3) is 4.72. The van der Waals surface area contributed by atoms with Crippen molar-refractivity contribution in [3.8, 4) is 0 Å². The van der Waals surface area contributed by atoms with Crippen molar-refractivity contribution in [1.82, 2.24) is 10.3 Å². The molecular formula is C9H22N4. The van der Waals surface area contributed by atoms with Gasteiger partial charge in [0.05, 0.1) is 0 Å². The Morgan fingerprint density at radius 1 is 1.31 bits per heavy atom. The molecule has 0 spiro atoms. The summed E-state index contributed by atoms with van der Waals surface area (Å²) in [6, 6.07) is 0. The van der Waals surface area contributed by atoms with Crippen LogP contribution in [0.4, 0.5) is 0 Å². The van der Waals surface area contributed by atoms with Crippen molar-refractivity contribution in [1.29, 1.82) is 0 Å². The fourth-order valence-corrected chi connectivity index (χ4v) is 1.10. The molecule has 78 valence electrons. The Morgan fingerprint density at radius 3 is 2.31 bits per heavy atom. The van der Waals surface area contributed by atoms with Gasteiger partial charge in [-0.25, -0.2) is 5.84 Å². The van der Waals surface area contributed by atoms with Gasteiger partial charge in [0.1, 0.15) is 0 Å². The lowest BCUT2D eigenvalue weighted by molar-refractivity contribution is 0.445. The summed E-state index contributed by atoms with van der Waals surface area (Å²) in [6.45, 7) is 9.07. The van der Waals surface area contributed by atoms with Crippen molar-refractivity contribution in [2.24, 2.45) is 10.8 Å². The molecule has 0 aliphatic carbocycles. The first-order valence-corrected chi connectivity index (χ1v) is 5.06. The molecule has 0 rings (SSSR count). The van der Waals surface area contributed by atoms with E-state index in [1.54, 1.807) is 0 Å². The maximum atomic E-state index is 5.38. The van der Waals surface area contributed by atoms with Crippen LogP contribution in [0.3, 0.4) is 0 Å². The maximum absolute atomic E-state index is 5.38. The van der Waals surface area contributed by atoms with E-state index < -0.39 is 0 Å². The van der Waals surface area contributed by atoms with Gasteiger partial charge in [0.2, 0.25) is 5.96 Å². The highest BCUT2D eigenvalue weighted by Gasteiger charge is 2.03. The molecule has 0 bridgehead atoms. The number of unbranched alkanes of at least 4 members (excludes halogenated alkanes) is 1. The third-order valence-electron chi connectivity index (χ3n) is 1.97. The Bertz CT molecular complexity index is 141. The van der Waals surface area contributed by atoms with Crippen molar-refractivity contribution in [2.75, 3.05) is 19.6 Å². The summed E-state index contributed by atoms with van der Waals surface area (Å²) in [7, 11) is 0. The standard InChI is InChI=1S/C9H22N4/c1-4-7-8-11-9(12-10)13(5-2)6-3/h4-8,10H2,1-3H3,(H,11,12). The first-order valence-electron chi connectivity index (χ1n) is 5.06. The van der Waals surface area contributed by atoms with Crippen LogP contribution in [-0.2, 0) is 0 Å². The van der Waals surface area contributed by atoms with Crippen LogP contribution in [0.5, 0.6) is 0 Å². The maximum Gasteiger partial charge on any atom is 0.208 e. The van der Waals surface area contributed by atoms with E-state index in [-0.39, 0.29) is 0 Å². The lowest BCUT2D eigenvalue weighted by Crippen LogP contribution is -2.44. The van der Waals surface area contributed by atoms with Crippen molar-refractivity contribution in [2.45, 2.75) is 33.6 Å². The predicted molar refractivity (Wildman–Crippen MR) is 57.5 cm³/mol. The number of nitrogens with two attached hydrogens (primary N) is 1. The molecule has 13 heavy (non-hydrogen) atoms. The number of nitrogens with zero attached hydrogens (tertiary/aromatic N) is 2. The summed E-state index contributed by atoms with van der Waals surface area (Å²) in [6.07, 6.45) is 2.28. The van der Waals surface area contributed by atoms with Gasteiger partial charge in [-0.1, -0.05) is 13.3 Å². The molecule has 0 aliphatic heterocycles. The second-order valence-electron chi connectivity index (χ2n) is 2.88. The van der Waals surface area contributed by atoms with Gasteiger partial charge >= 0.3 is 0 Å². The normalized spacial score (nSPS) is 11.5. The van der Waals surface area contributed by atoms with Crippen LogP contribution in [0, 0.1) is 0 Å². The highest BCUT2D eigenvalue weighted by molar-refractivity contribution is 5.79. The largest absolute Gasteiger partial charge is 0.342 e. The molecule has 0 unspecified atom stereocenters. The number of guanidine groups is 1. The zero-order valence-corrected chi connectivity index (χ0v) is 9.01. The Hall–Kier alpha value is -0.770. The third-order valence-corrected chi connectivity index (χ3v) is 1.97. The molecule has 0 aliphatic rings. The average molecular weight is 186 g/mol. The summed E-state index contributed by atoms with van der Waals surface area (Å²) < 4.78 is 0. The van der Waals surface area contributed by atoms with E-state index in [0.29, 0.717) is 0 Å². The zero-order valence-electron chi connectivity index (χ0n) is 9.01. The summed E-state index contributed by atoms with van der Waals surface area (Å²) in [4.78, 5) is 6.49. The molecule has 0 aromatic heterocycles. The molecule has 0 heterocycles. The molecule has 4 heteroatoms. The van der Waals surface area contributed by atoms with Crippen LogP contribution < -0.4 is 11.3 Å². The Balaban J connectivity index is 4.04. The van der Waals surface area contributed by atoms with Crippen molar-refractivity contribution >= 4 is 5.96 Å². The van der Waals surface area contributed by atoms with E-state index in [4.69, 9.17) is 5.84 Å². The Labute approximate surface area is 81.2 Å². The molecule has 4 nitrogen and oxygen atoms in total. The molecule has 0 amide bonds. The van der Waals surface area contributed by atoms with Crippen LogP contribution in [0.25, 0.3) is 0 Å². The summed E-state index contributed by atoms with van der Waals surface area (Å²) in [5.74, 6) is 6.19. The number of aliphatic imine (C=N–C) groups is 1. The van der Waals surface area contributed by atoms with Gasteiger partial charge in [0, 0.05) is 19.6 Å². The topological polar surface area (TPSA) is 53.6 Å². The van der Waals surface area contributed by atoms with E-state index in [9.17, 15) is 0 Å². The first-order chi connectivity index (χ1) is 6.29. The van der Waals surface area contributed by atoms with E-state index >= 15 is 0 Å². The van der Waals surface area contributed by atoms with E-state index in [2.05, 4.69) is 36.1 Å². The minimum Gasteiger partial charge on any atom is -0.342 e. The van der Waals surface area contributed by atoms with E-state index in [1.807, 2.05) is 0 Å². The van der Waals surface area contributed by atoms with E-state index in [0.717, 1.165) is 32.0 Å². The predicted octanol–water partition coefficient (Wildman–Crippen LogP) is 0.948. The molecule has 0 saturated carbocycles. The molecule has 0 aromatic rings. The summed E-state index contributed by atoms with van der Waals surface area (Å²) in [5, 5.41) is 0. The van der Waals surface area contributed by atoms with Gasteiger partial charge in [-0.2, -0.15) is 0 Å². The van der Waals surface area contributed by atoms with Gasteiger partial charge in [-0.3, -0.25) is 10.4 Å². The number of nitrogens with one attached hydrogen (secondary N) is 1. The van der Waals surface area contributed by atoms with Gasteiger partial charge < -0.3 is 4.90 Å². The van der Waals surface area contributed by atoms with Gasteiger partial charge in [0.15, 0.2) is 0 Å². The number of hydrogen-bond donors (Lipinski definition) is 2. The fraction of sp³-hybridized carbons (Fsp3) is 0.889. The fourth-order valence-electron chi connectivity index (χ4n) is 1.10. The second-order valence-corrected chi connectivity index (χ2v) is 2.88. The monoisotopic (exact) mass is 186 g/mol. The molecule has 0 radical (unpaired) electrons. The molecule has 0 aromatic carbocycles. The number of hydrogen-bond acceptors (Lipinski definition) is 2. The molecule has 0 saturated heterocycles. The average Bonchev–Trinajstić information content (AvgIpc) is 2.17. The lowest BCUT2D eigenvalue weighted by Gasteiger charge is -2.21. The minimum atomic E-state index is 0.804. The lowest BCUT2D eigenvalue weighted by atomic mass is 10.3. The van der Waals surface area contributed by atoms with Crippen LogP contribution in [0.15, 0.2) is 4.99 Å². The van der Waals surface area contributed by atoms with Crippen LogP contribution in [-0.4, -0.2) is 30.5 Å². The summed E-state index contributed by atoms with van der Waals surface area (Å²) >= 11 is 0. The molecular weight excluding hydrogens is 164 g/mol. The zero-order chi connectivity index (χ0) is 10.1. The van der Waals surface area contributed by atoms with E-state index in [1.165, 1.54) is 6.42 Å². The number of rotatable bonds is 5. The van der Waals surface area contributed by atoms with Gasteiger partial charge in [0.25, 0.3) is 0 Å². The Kier molecular flexibility index (Phi) is 7.39.